The van der Waals surface area contributed by atoms with Gasteiger partial charge in [-0.1, -0.05) is 24.3 Å². The molecular weight excluding hydrogens is 348 g/mol. The van der Waals surface area contributed by atoms with E-state index in [9.17, 15) is 9.59 Å². The second-order valence-corrected chi connectivity index (χ2v) is 5.71. The first kappa shape index (κ1) is 18.2. The first-order chi connectivity index (χ1) is 13.1. The van der Waals surface area contributed by atoms with Crippen molar-refractivity contribution >= 4 is 22.9 Å². The fourth-order valence-electron chi connectivity index (χ4n) is 2.61. The monoisotopic (exact) mass is 368 g/mol. The van der Waals surface area contributed by atoms with Crippen molar-refractivity contribution in [1.29, 1.82) is 0 Å². The van der Waals surface area contributed by atoms with E-state index < -0.39 is 11.9 Å². The van der Waals surface area contributed by atoms with Crippen LogP contribution >= 0.6 is 0 Å². The number of aromatic nitrogens is 1. The number of carbonyl (C=O) groups is 2. The summed E-state index contributed by atoms with van der Waals surface area (Å²) in [6.45, 7) is 4.32. The average Bonchev–Trinajstić information content (AvgIpc) is 3.03. The number of rotatable bonds is 5. The summed E-state index contributed by atoms with van der Waals surface area (Å²) < 4.78 is 11.0. The standard InChI is InChI=1S/C19H20N4O4/c1-3-26-18-13(7-6-10-20-18)11-21-19(25)23-22-17(24)16-12(2)14-8-4-5-9-15(14)27-16/h4-10H,3,11H2,1-2H3,(H,22,24)(H2,21,23,25). The maximum Gasteiger partial charge on any atom is 0.333 e. The van der Waals surface area contributed by atoms with Gasteiger partial charge in [0.15, 0.2) is 5.76 Å². The Morgan fingerprint density at radius 3 is 2.74 bits per heavy atom. The molecule has 27 heavy (non-hydrogen) atoms. The normalized spacial score (nSPS) is 10.4. The van der Waals surface area contributed by atoms with Gasteiger partial charge in [0, 0.05) is 29.3 Å². The molecule has 2 heterocycles. The Balaban J connectivity index is 1.56. The Morgan fingerprint density at radius 2 is 1.96 bits per heavy atom. The molecule has 8 nitrogen and oxygen atoms in total. The van der Waals surface area contributed by atoms with Crippen molar-refractivity contribution < 1.29 is 18.7 Å². The number of nitrogens with zero attached hydrogens (tertiary/aromatic N) is 1. The third-order valence-electron chi connectivity index (χ3n) is 3.91. The van der Waals surface area contributed by atoms with Crippen LogP contribution in [-0.4, -0.2) is 23.5 Å². The third kappa shape index (κ3) is 4.17. The number of hydrogen-bond acceptors (Lipinski definition) is 5. The van der Waals surface area contributed by atoms with Gasteiger partial charge in [0.25, 0.3) is 0 Å². The number of urea groups is 1. The van der Waals surface area contributed by atoms with Crippen molar-refractivity contribution in [2.75, 3.05) is 6.61 Å². The predicted molar refractivity (Wildman–Crippen MR) is 99.2 cm³/mol. The Morgan fingerprint density at radius 1 is 1.15 bits per heavy atom. The highest BCUT2D eigenvalue weighted by Gasteiger charge is 2.17. The van der Waals surface area contributed by atoms with Crippen LogP contribution in [0.2, 0.25) is 0 Å². The summed E-state index contributed by atoms with van der Waals surface area (Å²) in [6.07, 6.45) is 1.62. The lowest BCUT2D eigenvalue weighted by Gasteiger charge is -2.11. The number of hydrazine groups is 1. The maximum absolute atomic E-state index is 12.3. The molecule has 3 N–H and O–H groups in total. The summed E-state index contributed by atoms with van der Waals surface area (Å²) in [6, 6.07) is 10.3. The molecule has 0 fully saturated rings. The number of aryl methyl sites for hydroxylation is 1. The molecular formula is C19H20N4O4. The average molecular weight is 368 g/mol. The van der Waals surface area contributed by atoms with E-state index in [1.54, 1.807) is 31.3 Å². The number of benzene rings is 1. The van der Waals surface area contributed by atoms with E-state index in [2.05, 4.69) is 21.2 Å². The SMILES string of the molecule is CCOc1ncccc1CNC(=O)NNC(=O)c1oc2ccccc2c1C. The highest BCUT2D eigenvalue weighted by atomic mass is 16.5. The van der Waals surface area contributed by atoms with E-state index in [4.69, 9.17) is 9.15 Å². The molecule has 0 bridgehead atoms. The summed E-state index contributed by atoms with van der Waals surface area (Å²) in [5.41, 5.74) is 6.69. The van der Waals surface area contributed by atoms with Gasteiger partial charge in [-0.3, -0.25) is 10.2 Å². The van der Waals surface area contributed by atoms with Crippen molar-refractivity contribution in [3.8, 4) is 5.88 Å². The molecule has 0 aliphatic heterocycles. The van der Waals surface area contributed by atoms with Crippen LogP contribution in [0.15, 0.2) is 47.0 Å². The zero-order chi connectivity index (χ0) is 19.2. The smallest absolute Gasteiger partial charge is 0.333 e. The fourth-order valence-corrected chi connectivity index (χ4v) is 2.61. The van der Waals surface area contributed by atoms with E-state index >= 15 is 0 Å². The molecule has 3 amide bonds. The van der Waals surface area contributed by atoms with E-state index in [0.717, 1.165) is 10.9 Å². The van der Waals surface area contributed by atoms with Gasteiger partial charge in [0.1, 0.15) is 5.58 Å². The quantitative estimate of drug-likeness (QED) is 0.601. The van der Waals surface area contributed by atoms with Crippen molar-refractivity contribution in [2.24, 2.45) is 0 Å². The number of fused-ring (bicyclic) bond motifs is 1. The number of hydrogen-bond donors (Lipinski definition) is 3. The van der Waals surface area contributed by atoms with Gasteiger partial charge in [-0.15, -0.1) is 0 Å². The lowest BCUT2D eigenvalue weighted by Crippen LogP contribution is -2.46. The molecule has 3 rings (SSSR count). The lowest BCUT2D eigenvalue weighted by atomic mass is 10.1. The van der Waals surface area contributed by atoms with Crippen LogP contribution in [0.3, 0.4) is 0 Å². The Hall–Kier alpha value is -3.55. The molecule has 0 unspecified atom stereocenters. The molecule has 2 aromatic heterocycles. The number of amides is 3. The summed E-state index contributed by atoms with van der Waals surface area (Å²) in [4.78, 5) is 28.3. The number of ether oxygens (including phenoxy) is 1. The lowest BCUT2D eigenvalue weighted by molar-refractivity contribution is 0.0909. The van der Waals surface area contributed by atoms with Crippen molar-refractivity contribution in [2.45, 2.75) is 20.4 Å². The summed E-state index contributed by atoms with van der Waals surface area (Å²) >= 11 is 0. The Labute approximate surface area is 155 Å². The van der Waals surface area contributed by atoms with Crippen LogP contribution < -0.4 is 20.9 Å². The highest BCUT2D eigenvalue weighted by molar-refractivity contribution is 5.99. The fraction of sp³-hybridized carbons (Fsp3) is 0.211. The number of furan rings is 1. The number of carbonyl (C=O) groups excluding carboxylic acids is 2. The van der Waals surface area contributed by atoms with Gasteiger partial charge in [-0.2, -0.15) is 0 Å². The van der Waals surface area contributed by atoms with E-state index in [0.29, 0.717) is 23.6 Å². The molecule has 140 valence electrons. The van der Waals surface area contributed by atoms with Crippen LogP contribution in [0.1, 0.15) is 28.6 Å². The minimum Gasteiger partial charge on any atom is -0.478 e. The van der Waals surface area contributed by atoms with Crippen LogP contribution in [0.4, 0.5) is 4.79 Å². The summed E-state index contributed by atoms with van der Waals surface area (Å²) in [5.74, 6) is 0.0832. The van der Waals surface area contributed by atoms with E-state index in [1.807, 2.05) is 25.1 Å². The first-order valence-electron chi connectivity index (χ1n) is 8.49. The predicted octanol–water partition coefficient (Wildman–Crippen LogP) is 2.68. The first-order valence-corrected chi connectivity index (χ1v) is 8.49. The second kappa shape index (κ2) is 8.22. The van der Waals surface area contributed by atoms with Crippen molar-refractivity contribution in [3.63, 3.8) is 0 Å². The Kier molecular flexibility index (Phi) is 5.55. The molecule has 0 aliphatic rings. The molecule has 3 aromatic rings. The minimum absolute atomic E-state index is 0.155. The highest BCUT2D eigenvalue weighted by Crippen LogP contribution is 2.24. The maximum atomic E-state index is 12.3. The van der Waals surface area contributed by atoms with Crippen LogP contribution in [0.5, 0.6) is 5.88 Å². The van der Waals surface area contributed by atoms with Crippen molar-refractivity contribution in [3.05, 3.63) is 59.5 Å². The number of nitrogens with one attached hydrogen (secondary N) is 3. The number of pyridine rings is 1. The van der Waals surface area contributed by atoms with Gasteiger partial charge in [-0.05, 0) is 26.0 Å². The van der Waals surface area contributed by atoms with E-state index in [-0.39, 0.29) is 12.3 Å². The molecule has 0 atom stereocenters. The zero-order valence-corrected chi connectivity index (χ0v) is 15.0. The van der Waals surface area contributed by atoms with Gasteiger partial charge >= 0.3 is 11.9 Å². The van der Waals surface area contributed by atoms with Crippen molar-refractivity contribution in [1.82, 2.24) is 21.2 Å². The molecule has 0 spiro atoms. The Bertz CT molecular complexity index is 967. The molecule has 0 aliphatic carbocycles. The molecule has 8 heteroatoms. The summed E-state index contributed by atoms with van der Waals surface area (Å²) in [5, 5.41) is 3.48. The van der Waals surface area contributed by atoms with Crippen LogP contribution in [-0.2, 0) is 6.54 Å². The molecule has 0 saturated carbocycles. The van der Waals surface area contributed by atoms with Gasteiger partial charge in [0.05, 0.1) is 6.61 Å². The van der Waals surface area contributed by atoms with Gasteiger partial charge < -0.3 is 14.5 Å². The summed E-state index contributed by atoms with van der Waals surface area (Å²) in [7, 11) is 0. The molecule has 1 aromatic carbocycles. The van der Waals surface area contributed by atoms with E-state index in [1.165, 1.54) is 0 Å². The molecule has 0 saturated heterocycles. The topological polar surface area (TPSA) is 105 Å². The van der Waals surface area contributed by atoms with Crippen LogP contribution in [0.25, 0.3) is 11.0 Å². The minimum atomic E-state index is -0.566. The van der Waals surface area contributed by atoms with Crippen LogP contribution in [0, 0.1) is 6.92 Å². The zero-order valence-electron chi connectivity index (χ0n) is 15.0. The van der Waals surface area contributed by atoms with Gasteiger partial charge in [0.2, 0.25) is 5.88 Å². The third-order valence-corrected chi connectivity index (χ3v) is 3.91. The largest absolute Gasteiger partial charge is 0.478 e. The van der Waals surface area contributed by atoms with Gasteiger partial charge in [-0.25, -0.2) is 15.2 Å². The second-order valence-electron chi connectivity index (χ2n) is 5.71. The number of para-hydroxylation sites is 1. The molecule has 0 radical (unpaired) electrons.